The third-order valence-electron chi connectivity index (χ3n) is 7.13. The van der Waals surface area contributed by atoms with Gasteiger partial charge >= 0.3 is 5.97 Å². The predicted molar refractivity (Wildman–Crippen MR) is 98.7 cm³/mol. The summed E-state index contributed by atoms with van der Waals surface area (Å²) in [6.07, 6.45) is 8.10. The molecule has 136 valence electrons. The second kappa shape index (κ2) is 6.75. The van der Waals surface area contributed by atoms with Crippen LogP contribution in [0.5, 0.6) is 0 Å². The number of carbonyl (C=O) groups is 1. The Balaban J connectivity index is 1.68. The van der Waals surface area contributed by atoms with Gasteiger partial charge in [0.05, 0.1) is 6.61 Å². The zero-order valence-corrected chi connectivity index (χ0v) is 16.7. The number of rotatable bonds is 4. The van der Waals surface area contributed by atoms with Crippen molar-refractivity contribution in [3.63, 3.8) is 0 Å². The summed E-state index contributed by atoms with van der Waals surface area (Å²) in [7, 11) is 0. The summed E-state index contributed by atoms with van der Waals surface area (Å²) in [4.78, 5) is 14.0. The average Bonchev–Trinajstić information content (AvgIpc) is 2.95. The number of halogens is 1. The largest absolute Gasteiger partial charge is 0.463 e. The third-order valence-corrected chi connectivity index (χ3v) is 7.72. The summed E-state index contributed by atoms with van der Waals surface area (Å²) in [5, 5.41) is 4.73. The standard InChI is InChI=1S/C20H31BrO3/c1-13(9-14-10-20(3,23)18(22)24-12-14)16-6-7-17-15(11-21)5-4-8-19(16,17)2/h11,13-14,16-17,23H,4-10,12H2,1-3H3/b15-11+/t13-,14-,16-,17?,19-,20-/m1/s1/i23T. The summed E-state index contributed by atoms with van der Waals surface area (Å²) in [5.74, 6) is 1.95. The van der Waals surface area contributed by atoms with E-state index in [1.807, 2.05) is 0 Å². The molecule has 1 heterocycles. The van der Waals surface area contributed by atoms with E-state index in [4.69, 9.17) is 11.3 Å². The Morgan fingerprint density at radius 2 is 2.29 bits per heavy atom. The van der Waals surface area contributed by atoms with Crippen molar-refractivity contribution in [1.82, 2.24) is 0 Å². The Hall–Kier alpha value is -0.350. The van der Waals surface area contributed by atoms with E-state index in [1.165, 1.54) is 32.1 Å². The van der Waals surface area contributed by atoms with E-state index in [-0.39, 0.29) is 0 Å². The van der Waals surface area contributed by atoms with Gasteiger partial charge in [0.25, 0.3) is 0 Å². The van der Waals surface area contributed by atoms with Gasteiger partial charge in [0, 0.05) is 0 Å². The highest BCUT2D eigenvalue weighted by atomic mass is 79.9. The molecule has 0 radical (unpaired) electrons. The molecule has 1 N–H and O–H groups in total. The molecule has 2 aliphatic carbocycles. The van der Waals surface area contributed by atoms with Crippen LogP contribution in [0.1, 0.15) is 65.7 Å². The summed E-state index contributed by atoms with van der Waals surface area (Å²) in [5.41, 5.74) is 0.907. The maximum atomic E-state index is 11.9. The molecule has 24 heavy (non-hydrogen) atoms. The predicted octanol–water partition coefficient (Wildman–Crippen LogP) is 4.82. The molecule has 3 rings (SSSR count). The number of aliphatic hydroxyl groups is 1. The number of esters is 1. The SMILES string of the molecule is [3H]O[C@]1(C)C[C@@H](C[C@@H](C)[C@H]2CCC3/C(=C/Br)CCC[C@@]32C)COC1=O. The highest BCUT2D eigenvalue weighted by molar-refractivity contribution is 9.11. The Labute approximate surface area is 155 Å². The maximum Gasteiger partial charge on any atom is 0.337 e. The van der Waals surface area contributed by atoms with E-state index in [9.17, 15) is 4.79 Å². The Kier molecular flexibility index (Phi) is 4.81. The van der Waals surface area contributed by atoms with Gasteiger partial charge in [-0.15, -0.1) is 0 Å². The van der Waals surface area contributed by atoms with Gasteiger partial charge < -0.3 is 9.85 Å². The average molecular weight is 401 g/mol. The fraction of sp³-hybridized carbons (Fsp3) is 0.850. The van der Waals surface area contributed by atoms with Crippen LogP contribution in [0.15, 0.2) is 10.6 Å². The Bertz CT molecular complexity index is 551. The summed E-state index contributed by atoms with van der Waals surface area (Å²) in [6.45, 7) is 7.03. The second-order valence-corrected chi connectivity index (χ2v) is 9.35. The first-order chi connectivity index (χ1) is 11.8. The Morgan fingerprint density at radius 3 is 3.00 bits per heavy atom. The van der Waals surface area contributed by atoms with E-state index in [2.05, 4.69) is 34.8 Å². The molecule has 0 aromatic heterocycles. The van der Waals surface area contributed by atoms with Gasteiger partial charge in [0.15, 0.2) is 5.60 Å². The smallest absolute Gasteiger partial charge is 0.337 e. The minimum Gasteiger partial charge on any atom is -0.463 e. The molecule has 1 unspecified atom stereocenters. The van der Waals surface area contributed by atoms with Crippen LogP contribution in [0.2, 0.25) is 0 Å². The van der Waals surface area contributed by atoms with Crippen molar-refractivity contribution >= 4 is 21.9 Å². The van der Waals surface area contributed by atoms with Crippen molar-refractivity contribution in [2.24, 2.45) is 29.1 Å². The van der Waals surface area contributed by atoms with Crippen molar-refractivity contribution in [3.8, 4) is 0 Å². The summed E-state index contributed by atoms with van der Waals surface area (Å²) < 4.78 is 12.6. The van der Waals surface area contributed by atoms with Crippen molar-refractivity contribution in [2.75, 3.05) is 6.61 Å². The van der Waals surface area contributed by atoms with Crippen LogP contribution in [0.25, 0.3) is 0 Å². The molecular formula is C20H31BrO3. The van der Waals surface area contributed by atoms with E-state index in [1.54, 1.807) is 12.5 Å². The molecule has 0 amide bonds. The molecule has 6 atom stereocenters. The van der Waals surface area contributed by atoms with Crippen molar-refractivity contribution < 1.29 is 14.6 Å². The van der Waals surface area contributed by atoms with Crippen LogP contribution in [0.3, 0.4) is 0 Å². The Morgan fingerprint density at radius 1 is 1.50 bits per heavy atom. The quantitative estimate of drug-likeness (QED) is 0.687. The molecule has 3 fully saturated rings. The zero-order chi connectivity index (χ0) is 18.2. The molecule has 0 bridgehead atoms. The fourth-order valence-electron chi connectivity index (χ4n) is 6.03. The van der Waals surface area contributed by atoms with Crippen molar-refractivity contribution in [2.45, 2.75) is 71.3 Å². The highest BCUT2D eigenvalue weighted by Gasteiger charge is 2.51. The number of allylic oxidation sites excluding steroid dienone is 1. The topological polar surface area (TPSA) is 46.5 Å². The summed E-state index contributed by atoms with van der Waals surface area (Å²) in [6, 6.07) is 0. The molecule has 3 aliphatic rings. The lowest BCUT2D eigenvalue weighted by Crippen LogP contribution is -2.45. The number of fused-ring (bicyclic) bond motifs is 1. The van der Waals surface area contributed by atoms with Crippen LogP contribution < -0.4 is 0 Å². The van der Waals surface area contributed by atoms with Gasteiger partial charge in [-0.25, -0.2) is 4.79 Å². The normalized spacial score (nSPS) is 46.3. The van der Waals surface area contributed by atoms with Gasteiger partial charge in [0.1, 0.15) is 0 Å². The van der Waals surface area contributed by atoms with Crippen molar-refractivity contribution in [3.05, 3.63) is 10.6 Å². The maximum absolute atomic E-state index is 11.9. The molecule has 1 aliphatic heterocycles. The monoisotopic (exact) mass is 400 g/mol. The number of cyclic esters (lactones) is 1. The first-order valence-corrected chi connectivity index (χ1v) is 10.4. The molecule has 1 saturated heterocycles. The zero-order valence-electron chi connectivity index (χ0n) is 16.1. The van der Waals surface area contributed by atoms with Crippen molar-refractivity contribution in [1.29, 1.82) is 1.43 Å². The van der Waals surface area contributed by atoms with E-state index < -0.39 is 11.6 Å². The number of carbonyl (C=O) groups excluding carboxylic acids is 1. The van der Waals surface area contributed by atoms with Gasteiger partial charge in [-0.3, -0.25) is 0 Å². The van der Waals surface area contributed by atoms with Crippen LogP contribution in [-0.4, -0.2) is 24.7 Å². The van der Waals surface area contributed by atoms with Crippen LogP contribution in [-0.2, 0) is 9.53 Å². The number of hydrogen-bond donors (Lipinski definition) is 1. The van der Waals surface area contributed by atoms with E-state index in [0.717, 1.165) is 18.3 Å². The number of hydrogen-bond acceptors (Lipinski definition) is 3. The van der Waals surface area contributed by atoms with Gasteiger partial charge in [-0.05, 0) is 85.9 Å². The van der Waals surface area contributed by atoms with Gasteiger partial charge in [-0.2, -0.15) is 0 Å². The minimum atomic E-state index is -1.10. The van der Waals surface area contributed by atoms with Crippen LogP contribution in [0.4, 0.5) is 0 Å². The summed E-state index contributed by atoms with van der Waals surface area (Å²) >= 11 is 3.59. The third kappa shape index (κ3) is 3.21. The highest BCUT2D eigenvalue weighted by Crippen LogP contribution is 2.60. The molecule has 0 aromatic rings. The van der Waals surface area contributed by atoms with Crippen LogP contribution >= 0.6 is 15.9 Å². The fourth-order valence-corrected chi connectivity index (χ4v) is 6.57. The molecule has 2 saturated carbocycles. The first-order valence-electron chi connectivity index (χ1n) is 9.85. The van der Waals surface area contributed by atoms with Crippen LogP contribution in [0, 0.1) is 29.1 Å². The minimum absolute atomic E-state index is 0.292. The molecule has 0 spiro atoms. The lowest BCUT2D eigenvalue weighted by Gasteiger charge is -2.45. The number of ether oxygens (including phenoxy) is 1. The van der Waals surface area contributed by atoms with Gasteiger partial charge in [-0.1, -0.05) is 35.4 Å². The lowest BCUT2D eigenvalue weighted by molar-refractivity contribution is -0.177. The second-order valence-electron chi connectivity index (χ2n) is 8.89. The molecular weight excluding hydrogens is 368 g/mol. The first kappa shape index (κ1) is 17.1. The van der Waals surface area contributed by atoms with E-state index >= 15 is 0 Å². The molecule has 3 nitrogen and oxygen atoms in total. The lowest BCUT2D eigenvalue weighted by atomic mass is 9.60. The van der Waals surface area contributed by atoms with E-state index in [0.29, 0.717) is 30.3 Å². The molecule has 4 heteroatoms. The van der Waals surface area contributed by atoms with Gasteiger partial charge in [0.2, 0.25) is 1.43 Å². The molecule has 0 aromatic carbocycles.